The lowest BCUT2D eigenvalue weighted by atomic mass is 9.81. The monoisotopic (exact) mass is 424 g/mol. The van der Waals surface area contributed by atoms with Crippen molar-refractivity contribution >= 4 is 11.6 Å². The molecule has 5 nitrogen and oxygen atoms in total. The van der Waals surface area contributed by atoms with Crippen LogP contribution in [-0.2, 0) is 4.74 Å². The van der Waals surface area contributed by atoms with E-state index in [-0.39, 0.29) is 17.6 Å². The average Bonchev–Trinajstić information content (AvgIpc) is 3.04. The Morgan fingerprint density at radius 2 is 1.89 bits per heavy atom. The number of fused-ring (bicyclic) bond motifs is 1. The van der Waals surface area contributed by atoms with Gasteiger partial charge < -0.3 is 15.4 Å². The molecular weight excluding hydrogens is 393 g/mol. The van der Waals surface area contributed by atoms with E-state index in [1.165, 1.54) is 6.42 Å². The van der Waals surface area contributed by atoms with Gasteiger partial charge in [0.05, 0.1) is 12.3 Å². The number of ether oxygens (including phenoxy) is 1. The molecule has 0 aromatic heterocycles. The highest BCUT2D eigenvalue weighted by Gasteiger charge is 2.43. The molecule has 0 radical (unpaired) electrons. The summed E-state index contributed by atoms with van der Waals surface area (Å²) in [5.41, 5.74) is 0. The molecule has 3 aliphatic heterocycles. The first kappa shape index (κ1) is 21.1. The predicted octanol–water partition coefficient (Wildman–Crippen LogP) is 1.91. The zero-order chi connectivity index (χ0) is 19.9. The minimum atomic E-state index is -4.25. The Bertz CT molecular complexity index is 534. The van der Waals surface area contributed by atoms with Crippen LogP contribution in [0, 0.1) is 11.8 Å². The highest BCUT2D eigenvalue weighted by atomic mass is 35.5. The Kier molecular flexibility index (Phi) is 6.45. The third-order valence-electron chi connectivity index (χ3n) is 7.09. The third kappa shape index (κ3) is 4.78. The van der Waals surface area contributed by atoms with Gasteiger partial charge in [-0.3, -0.25) is 10.2 Å². The summed E-state index contributed by atoms with van der Waals surface area (Å²) in [4.78, 5) is 2.28. The van der Waals surface area contributed by atoms with E-state index in [9.17, 15) is 13.2 Å². The fraction of sp³-hybridized carbons (Fsp3) is 1.00. The summed E-state index contributed by atoms with van der Waals surface area (Å²) in [5, 5.41) is 11.2. The molecule has 4 rings (SSSR count). The maximum absolute atomic E-state index is 12.3. The normalized spacial score (nSPS) is 43.0. The van der Waals surface area contributed by atoms with E-state index >= 15 is 0 Å². The standard InChI is InChI=1S/C19H32ClF3N4O/c1-11-17(27-8-13(9-27)28-10-19(21,22)23)3-5-25-18(11)26-12-6-15(20)14-2-4-24-16(14)7-12/h11-18,24-26H,2-10H2,1H3. The van der Waals surface area contributed by atoms with Crippen molar-refractivity contribution in [3.05, 3.63) is 0 Å². The number of rotatable bonds is 5. The van der Waals surface area contributed by atoms with E-state index in [0.29, 0.717) is 43.1 Å². The van der Waals surface area contributed by atoms with Gasteiger partial charge in [0.15, 0.2) is 0 Å². The molecule has 3 saturated heterocycles. The number of hydrogen-bond acceptors (Lipinski definition) is 5. The highest BCUT2D eigenvalue weighted by Crippen LogP contribution is 2.35. The number of nitrogens with zero attached hydrogens (tertiary/aromatic N) is 1. The number of alkyl halides is 4. The molecule has 4 aliphatic rings. The number of likely N-dealkylation sites (tertiary alicyclic amines) is 1. The van der Waals surface area contributed by atoms with Crippen LogP contribution < -0.4 is 16.0 Å². The smallest absolute Gasteiger partial charge is 0.366 e. The first-order chi connectivity index (χ1) is 13.3. The molecule has 1 saturated carbocycles. The number of piperidine rings is 1. The Morgan fingerprint density at radius 3 is 2.64 bits per heavy atom. The molecule has 4 fully saturated rings. The predicted molar refractivity (Wildman–Crippen MR) is 102 cm³/mol. The van der Waals surface area contributed by atoms with Gasteiger partial charge in [-0.15, -0.1) is 11.6 Å². The largest absolute Gasteiger partial charge is 0.411 e. The molecule has 162 valence electrons. The van der Waals surface area contributed by atoms with Crippen LogP contribution in [0.4, 0.5) is 13.2 Å². The van der Waals surface area contributed by atoms with Gasteiger partial charge in [-0.2, -0.15) is 13.2 Å². The molecule has 3 N–H and O–H groups in total. The van der Waals surface area contributed by atoms with Crippen molar-refractivity contribution in [2.45, 2.75) is 74.6 Å². The minimum absolute atomic E-state index is 0.209. The Balaban J connectivity index is 1.25. The molecule has 7 atom stereocenters. The van der Waals surface area contributed by atoms with Gasteiger partial charge in [-0.25, -0.2) is 0 Å². The first-order valence-electron chi connectivity index (χ1n) is 10.6. The third-order valence-corrected chi connectivity index (χ3v) is 7.60. The molecule has 0 amide bonds. The molecule has 3 heterocycles. The summed E-state index contributed by atoms with van der Waals surface area (Å²) in [7, 11) is 0. The van der Waals surface area contributed by atoms with Crippen LogP contribution in [0.25, 0.3) is 0 Å². The van der Waals surface area contributed by atoms with Crippen molar-refractivity contribution in [3.8, 4) is 0 Å². The van der Waals surface area contributed by atoms with Crippen LogP contribution in [0.2, 0.25) is 0 Å². The van der Waals surface area contributed by atoms with Crippen LogP contribution in [0.5, 0.6) is 0 Å². The van der Waals surface area contributed by atoms with Crippen LogP contribution in [-0.4, -0.2) is 79.6 Å². The summed E-state index contributed by atoms with van der Waals surface area (Å²) < 4.78 is 41.9. The number of hydrogen-bond donors (Lipinski definition) is 3. The lowest BCUT2D eigenvalue weighted by Crippen LogP contribution is -2.66. The quantitative estimate of drug-likeness (QED) is 0.589. The highest BCUT2D eigenvalue weighted by molar-refractivity contribution is 6.21. The minimum Gasteiger partial charge on any atom is -0.366 e. The molecule has 7 unspecified atom stereocenters. The Hall–Kier alpha value is -0.120. The number of nitrogens with one attached hydrogen (secondary N) is 3. The molecule has 0 aromatic carbocycles. The maximum Gasteiger partial charge on any atom is 0.411 e. The summed E-state index contributed by atoms with van der Waals surface area (Å²) in [5.74, 6) is 0.972. The lowest BCUT2D eigenvalue weighted by molar-refractivity contribution is -0.203. The van der Waals surface area contributed by atoms with Crippen molar-refractivity contribution < 1.29 is 17.9 Å². The fourth-order valence-electron chi connectivity index (χ4n) is 5.56. The maximum atomic E-state index is 12.3. The molecule has 0 bridgehead atoms. The van der Waals surface area contributed by atoms with E-state index in [1.807, 2.05) is 0 Å². The van der Waals surface area contributed by atoms with Gasteiger partial charge in [0.2, 0.25) is 0 Å². The summed E-state index contributed by atoms with van der Waals surface area (Å²) >= 11 is 6.65. The molecule has 1 aliphatic carbocycles. The summed E-state index contributed by atoms with van der Waals surface area (Å²) in [6, 6.07) is 1.29. The van der Waals surface area contributed by atoms with Crippen LogP contribution in [0.1, 0.15) is 32.6 Å². The van der Waals surface area contributed by atoms with Crippen molar-refractivity contribution in [1.82, 2.24) is 20.9 Å². The van der Waals surface area contributed by atoms with E-state index in [0.717, 1.165) is 32.4 Å². The van der Waals surface area contributed by atoms with E-state index in [4.69, 9.17) is 16.3 Å². The van der Waals surface area contributed by atoms with Crippen molar-refractivity contribution in [3.63, 3.8) is 0 Å². The molecular formula is C19H32ClF3N4O. The zero-order valence-corrected chi connectivity index (χ0v) is 17.1. The summed E-state index contributed by atoms with van der Waals surface area (Å²) in [6.07, 6.45) is -0.0298. The molecule has 0 aromatic rings. The Labute approximate surface area is 170 Å². The second-order valence-electron chi connectivity index (χ2n) is 9.01. The SMILES string of the molecule is CC1C(NC2CC(Cl)C3CCNC3C2)NCCC1N1CC(OCC(F)(F)F)C1. The van der Waals surface area contributed by atoms with Crippen LogP contribution in [0.15, 0.2) is 0 Å². The molecule has 9 heteroatoms. The van der Waals surface area contributed by atoms with Crippen molar-refractivity contribution in [1.29, 1.82) is 0 Å². The van der Waals surface area contributed by atoms with E-state index in [2.05, 4.69) is 27.8 Å². The van der Waals surface area contributed by atoms with Gasteiger partial charge in [0, 0.05) is 42.5 Å². The van der Waals surface area contributed by atoms with Gasteiger partial charge in [0.25, 0.3) is 0 Å². The van der Waals surface area contributed by atoms with Crippen molar-refractivity contribution in [2.75, 3.05) is 32.8 Å². The van der Waals surface area contributed by atoms with Gasteiger partial charge in [-0.05, 0) is 44.7 Å². The van der Waals surface area contributed by atoms with Crippen LogP contribution in [0.3, 0.4) is 0 Å². The second kappa shape index (κ2) is 8.55. The lowest BCUT2D eigenvalue weighted by Gasteiger charge is -2.50. The molecule has 0 spiro atoms. The van der Waals surface area contributed by atoms with Gasteiger partial charge >= 0.3 is 6.18 Å². The van der Waals surface area contributed by atoms with Gasteiger partial charge in [0.1, 0.15) is 6.61 Å². The summed E-state index contributed by atoms with van der Waals surface area (Å²) in [6.45, 7) is 4.26. The zero-order valence-electron chi connectivity index (χ0n) is 16.4. The average molecular weight is 425 g/mol. The molecule has 28 heavy (non-hydrogen) atoms. The second-order valence-corrected chi connectivity index (χ2v) is 9.57. The topological polar surface area (TPSA) is 48.6 Å². The fourth-order valence-corrected chi connectivity index (χ4v) is 6.08. The van der Waals surface area contributed by atoms with Crippen molar-refractivity contribution in [2.24, 2.45) is 11.8 Å². The van der Waals surface area contributed by atoms with E-state index in [1.54, 1.807) is 0 Å². The Morgan fingerprint density at radius 1 is 1.14 bits per heavy atom. The number of halogens is 4. The van der Waals surface area contributed by atoms with Crippen LogP contribution >= 0.6 is 11.6 Å². The first-order valence-corrected chi connectivity index (χ1v) is 11.0. The van der Waals surface area contributed by atoms with E-state index < -0.39 is 12.8 Å². The van der Waals surface area contributed by atoms with Gasteiger partial charge in [-0.1, -0.05) is 6.92 Å².